The maximum absolute atomic E-state index is 13.0. The number of rotatable bonds is 2. The molecule has 1 aromatic carbocycles. The fourth-order valence-corrected chi connectivity index (χ4v) is 2.13. The molecule has 0 aliphatic rings. The van der Waals surface area contributed by atoms with Gasteiger partial charge in [0.25, 0.3) is 0 Å². The smallest absolute Gasteiger partial charge is 0.178 e. The van der Waals surface area contributed by atoms with Gasteiger partial charge in [0.05, 0.1) is 5.69 Å². The van der Waals surface area contributed by atoms with Crippen LogP contribution in [0.3, 0.4) is 0 Å². The predicted octanol–water partition coefficient (Wildman–Crippen LogP) is 3.07. The highest BCUT2D eigenvalue weighted by atomic mass is 32.1. The van der Waals surface area contributed by atoms with Crippen molar-refractivity contribution in [3.8, 4) is 11.3 Å². The van der Waals surface area contributed by atoms with E-state index in [9.17, 15) is 9.18 Å². The minimum Gasteiger partial charge on any atom is -0.295 e. The van der Waals surface area contributed by atoms with Gasteiger partial charge in [-0.1, -0.05) is 12.1 Å². The summed E-state index contributed by atoms with van der Waals surface area (Å²) in [6, 6.07) is 6.20. The Labute approximate surface area is 90.4 Å². The monoisotopic (exact) mass is 221 g/mol. The molecule has 0 saturated carbocycles. The first-order valence-corrected chi connectivity index (χ1v) is 5.21. The molecule has 2 rings (SSSR count). The van der Waals surface area contributed by atoms with Gasteiger partial charge in [0, 0.05) is 10.4 Å². The number of nitrogens with zero attached hydrogens (tertiary/aromatic N) is 1. The van der Waals surface area contributed by atoms with Gasteiger partial charge < -0.3 is 0 Å². The molecule has 0 bridgehead atoms. The number of aryl methyl sites for hydroxylation is 1. The van der Waals surface area contributed by atoms with Crippen LogP contribution in [0.5, 0.6) is 0 Å². The molecule has 0 N–H and O–H groups in total. The van der Waals surface area contributed by atoms with Gasteiger partial charge >= 0.3 is 0 Å². The fourth-order valence-electron chi connectivity index (χ4n) is 1.37. The zero-order valence-electron chi connectivity index (χ0n) is 8.03. The number of hydrogen-bond acceptors (Lipinski definition) is 3. The van der Waals surface area contributed by atoms with Crippen LogP contribution in [-0.4, -0.2) is 11.3 Å². The second-order valence-corrected chi connectivity index (χ2v) is 4.32. The number of thiazole rings is 1. The van der Waals surface area contributed by atoms with Crippen LogP contribution in [0.2, 0.25) is 0 Å². The van der Waals surface area contributed by atoms with E-state index in [1.54, 1.807) is 12.1 Å². The average molecular weight is 221 g/mol. The standard InChI is InChI=1S/C11H8FNOS/c1-7-11(13-10(6-14)15-7)8-3-2-4-9(12)5-8/h2-6H,1H3. The van der Waals surface area contributed by atoms with Crippen LogP contribution in [0.4, 0.5) is 4.39 Å². The summed E-state index contributed by atoms with van der Waals surface area (Å²) in [5.41, 5.74) is 1.39. The maximum Gasteiger partial charge on any atom is 0.178 e. The molecule has 0 unspecified atom stereocenters. The van der Waals surface area contributed by atoms with E-state index in [2.05, 4.69) is 4.98 Å². The van der Waals surface area contributed by atoms with Crippen LogP contribution < -0.4 is 0 Å². The van der Waals surface area contributed by atoms with Crippen molar-refractivity contribution < 1.29 is 9.18 Å². The average Bonchev–Trinajstić information content (AvgIpc) is 2.60. The van der Waals surface area contributed by atoms with E-state index < -0.39 is 0 Å². The largest absolute Gasteiger partial charge is 0.295 e. The summed E-state index contributed by atoms with van der Waals surface area (Å²) in [5.74, 6) is -0.299. The van der Waals surface area contributed by atoms with Crippen molar-refractivity contribution in [3.63, 3.8) is 0 Å². The molecule has 15 heavy (non-hydrogen) atoms. The van der Waals surface area contributed by atoms with Gasteiger partial charge in [-0.25, -0.2) is 9.37 Å². The Hall–Kier alpha value is -1.55. The van der Waals surface area contributed by atoms with Gasteiger partial charge in [0.2, 0.25) is 0 Å². The van der Waals surface area contributed by atoms with Gasteiger partial charge in [0.1, 0.15) is 5.82 Å². The molecule has 0 fully saturated rings. The number of halogens is 1. The number of carbonyl (C=O) groups excluding carboxylic acids is 1. The molecule has 0 atom stereocenters. The van der Waals surface area contributed by atoms with E-state index in [4.69, 9.17) is 0 Å². The Morgan fingerprint density at radius 2 is 2.27 bits per heavy atom. The number of aromatic nitrogens is 1. The summed E-state index contributed by atoms with van der Waals surface area (Å²) in [7, 11) is 0. The molecular weight excluding hydrogens is 213 g/mol. The third kappa shape index (κ3) is 1.94. The summed E-state index contributed by atoms with van der Waals surface area (Å²) in [5, 5.41) is 0.423. The first-order valence-electron chi connectivity index (χ1n) is 4.39. The Morgan fingerprint density at radius 1 is 1.47 bits per heavy atom. The molecule has 1 aromatic heterocycles. The minimum absolute atomic E-state index is 0.299. The third-order valence-corrected chi connectivity index (χ3v) is 2.91. The highest BCUT2D eigenvalue weighted by Gasteiger charge is 2.09. The summed E-state index contributed by atoms with van der Waals surface area (Å²) in [4.78, 5) is 15.6. The van der Waals surface area contributed by atoms with Crippen molar-refractivity contribution in [1.82, 2.24) is 4.98 Å². The van der Waals surface area contributed by atoms with Crippen molar-refractivity contribution in [2.45, 2.75) is 6.92 Å². The summed E-state index contributed by atoms with van der Waals surface area (Å²) >= 11 is 1.31. The molecule has 4 heteroatoms. The zero-order valence-corrected chi connectivity index (χ0v) is 8.84. The molecule has 0 amide bonds. The Kier molecular flexibility index (Phi) is 2.60. The molecule has 2 aromatic rings. The molecule has 0 saturated heterocycles. The number of hydrogen-bond donors (Lipinski definition) is 0. The number of benzene rings is 1. The van der Waals surface area contributed by atoms with Crippen molar-refractivity contribution in [1.29, 1.82) is 0 Å². The molecular formula is C11H8FNOS. The van der Waals surface area contributed by atoms with Crippen molar-refractivity contribution in [3.05, 3.63) is 40.0 Å². The molecule has 0 aliphatic heterocycles. The highest BCUT2D eigenvalue weighted by Crippen LogP contribution is 2.26. The Balaban J connectivity index is 2.53. The van der Waals surface area contributed by atoms with Crippen LogP contribution in [0, 0.1) is 12.7 Å². The highest BCUT2D eigenvalue weighted by molar-refractivity contribution is 7.13. The second kappa shape index (κ2) is 3.90. The lowest BCUT2D eigenvalue weighted by molar-refractivity contribution is 0.112. The van der Waals surface area contributed by atoms with E-state index in [0.29, 0.717) is 22.6 Å². The van der Waals surface area contributed by atoms with Crippen molar-refractivity contribution >= 4 is 17.6 Å². The van der Waals surface area contributed by atoms with E-state index in [-0.39, 0.29) is 5.82 Å². The lowest BCUT2D eigenvalue weighted by atomic mass is 10.1. The van der Waals surface area contributed by atoms with Gasteiger partial charge in [0.15, 0.2) is 11.3 Å². The zero-order chi connectivity index (χ0) is 10.8. The second-order valence-electron chi connectivity index (χ2n) is 3.09. The van der Waals surface area contributed by atoms with Gasteiger partial charge in [-0.3, -0.25) is 4.79 Å². The Morgan fingerprint density at radius 3 is 2.87 bits per heavy atom. The molecule has 76 valence electrons. The van der Waals surface area contributed by atoms with Crippen LogP contribution in [0.15, 0.2) is 24.3 Å². The van der Waals surface area contributed by atoms with Crippen LogP contribution >= 0.6 is 11.3 Å². The van der Waals surface area contributed by atoms with Crippen molar-refractivity contribution in [2.75, 3.05) is 0 Å². The maximum atomic E-state index is 13.0. The SMILES string of the molecule is Cc1sc(C=O)nc1-c1cccc(F)c1. The number of aldehydes is 1. The van der Waals surface area contributed by atoms with Gasteiger partial charge in [-0.05, 0) is 19.1 Å². The summed E-state index contributed by atoms with van der Waals surface area (Å²) < 4.78 is 13.0. The third-order valence-electron chi connectivity index (χ3n) is 2.01. The quantitative estimate of drug-likeness (QED) is 0.729. The Bertz CT molecular complexity index is 507. The van der Waals surface area contributed by atoms with E-state index in [0.717, 1.165) is 4.88 Å². The topological polar surface area (TPSA) is 30.0 Å². The fraction of sp³-hybridized carbons (Fsp3) is 0.0909. The molecule has 0 spiro atoms. The minimum atomic E-state index is -0.299. The molecule has 1 heterocycles. The van der Waals surface area contributed by atoms with E-state index in [1.165, 1.54) is 23.5 Å². The van der Waals surface area contributed by atoms with Gasteiger partial charge in [-0.2, -0.15) is 0 Å². The first kappa shape index (κ1) is 9.98. The molecule has 0 aliphatic carbocycles. The van der Waals surface area contributed by atoms with E-state index >= 15 is 0 Å². The van der Waals surface area contributed by atoms with Crippen LogP contribution in [0.1, 0.15) is 14.7 Å². The van der Waals surface area contributed by atoms with Crippen LogP contribution in [0.25, 0.3) is 11.3 Å². The summed E-state index contributed by atoms with van der Waals surface area (Å²) in [6.07, 6.45) is 0.709. The predicted molar refractivity (Wildman–Crippen MR) is 57.6 cm³/mol. The van der Waals surface area contributed by atoms with Gasteiger partial charge in [-0.15, -0.1) is 11.3 Å². The number of carbonyl (C=O) groups is 1. The lowest BCUT2D eigenvalue weighted by Gasteiger charge is -1.97. The molecule has 2 nitrogen and oxygen atoms in total. The first-order chi connectivity index (χ1) is 7.20. The van der Waals surface area contributed by atoms with Crippen molar-refractivity contribution in [2.24, 2.45) is 0 Å². The van der Waals surface area contributed by atoms with E-state index in [1.807, 2.05) is 6.92 Å². The lowest BCUT2D eigenvalue weighted by Crippen LogP contribution is -1.83. The molecule has 0 radical (unpaired) electrons. The van der Waals surface area contributed by atoms with Crippen LogP contribution in [-0.2, 0) is 0 Å². The normalized spacial score (nSPS) is 10.3. The summed E-state index contributed by atoms with van der Waals surface area (Å²) in [6.45, 7) is 1.87.